The summed E-state index contributed by atoms with van der Waals surface area (Å²) in [5.74, 6) is -0.117. The third-order valence-corrected chi connectivity index (χ3v) is 3.33. The Kier molecular flexibility index (Phi) is 6.34. The Hall–Kier alpha value is -0.890. The average Bonchev–Trinajstić information content (AvgIpc) is 2.32. The van der Waals surface area contributed by atoms with Gasteiger partial charge in [-0.15, -0.1) is 0 Å². The lowest BCUT2D eigenvalue weighted by atomic mass is 9.87. The molecule has 0 atom stereocenters. The molecule has 0 spiro atoms. The van der Waals surface area contributed by atoms with Gasteiger partial charge >= 0.3 is 0 Å². The molecule has 1 N–H and O–H groups in total. The van der Waals surface area contributed by atoms with Crippen molar-refractivity contribution in [2.75, 3.05) is 6.54 Å². The van der Waals surface area contributed by atoms with Gasteiger partial charge in [-0.1, -0.05) is 58.2 Å². The fraction of sp³-hybridized carbons (Fsp3) is 0.625. The van der Waals surface area contributed by atoms with Gasteiger partial charge in [0.05, 0.1) is 0 Å². The molecule has 0 aliphatic carbocycles. The minimum atomic E-state index is -0.117. The van der Waals surface area contributed by atoms with Gasteiger partial charge in [-0.05, 0) is 17.9 Å². The molecule has 0 aromatic heterocycles. The van der Waals surface area contributed by atoms with Crippen molar-refractivity contribution < 1.29 is 4.39 Å². The molecule has 0 aliphatic heterocycles. The Morgan fingerprint density at radius 1 is 1.17 bits per heavy atom. The van der Waals surface area contributed by atoms with Crippen molar-refractivity contribution in [3.63, 3.8) is 0 Å². The highest BCUT2D eigenvalue weighted by atomic mass is 19.1. The minimum Gasteiger partial charge on any atom is -0.312 e. The molecule has 102 valence electrons. The summed E-state index contributed by atoms with van der Waals surface area (Å²) in [5, 5.41) is 3.37. The van der Waals surface area contributed by atoms with E-state index >= 15 is 0 Å². The van der Waals surface area contributed by atoms with Gasteiger partial charge in [-0.25, -0.2) is 4.39 Å². The SMILES string of the molecule is CCCCCC(C)(C)CNCc1ccccc1F. The Bertz CT molecular complexity index is 347. The van der Waals surface area contributed by atoms with E-state index in [0.29, 0.717) is 12.0 Å². The number of unbranched alkanes of at least 4 members (excludes halogenated alkanes) is 2. The van der Waals surface area contributed by atoms with E-state index in [-0.39, 0.29) is 5.82 Å². The van der Waals surface area contributed by atoms with Crippen LogP contribution in [0.5, 0.6) is 0 Å². The lowest BCUT2D eigenvalue weighted by Crippen LogP contribution is -2.29. The Balaban J connectivity index is 2.30. The largest absolute Gasteiger partial charge is 0.312 e. The van der Waals surface area contributed by atoms with Gasteiger partial charge in [0, 0.05) is 18.7 Å². The van der Waals surface area contributed by atoms with E-state index in [2.05, 4.69) is 26.1 Å². The maximum Gasteiger partial charge on any atom is 0.127 e. The van der Waals surface area contributed by atoms with Gasteiger partial charge in [0.25, 0.3) is 0 Å². The zero-order valence-corrected chi connectivity index (χ0v) is 11.9. The number of halogens is 1. The molecule has 0 bridgehead atoms. The minimum absolute atomic E-state index is 0.117. The first-order valence-electron chi connectivity index (χ1n) is 6.99. The first-order valence-corrected chi connectivity index (χ1v) is 6.99. The van der Waals surface area contributed by atoms with Gasteiger partial charge in [-0.2, -0.15) is 0 Å². The van der Waals surface area contributed by atoms with Crippen molar-refractivity contribution in [1.29, 1.82) is 0 Å². The topological polar surface area (TPSA) is 12.0 Å². The van der Waals surface area contributed by atoms with Gasteiger partial charge in [0.15, 0.2) is 0 Å². The van der Waals surface area contributed by atoms with Crippen LogP contribution in [-0.2, 0) is 6.54 Å². The zero-order valence-electron chi connectivity index (χ0n) is 11.9. The van der Waals surface area contributed by atoms with Crippen LogP contribution in [-0.4, -0.2) is 6.54 Å². The van der Waals surface area contributed by atoms with Crippen molar-refractivity contribution >= 4 is 0 Å². The molecule has 1 rings (SSSR count). The predicted molar refractivity (Wildman–Crippen MR) is 76.0 cm³/mol. The smallest absolute Gasteiger partial charge is 0.127 e. The third-order valence-electron chi connectivity index (χ3n) is 3.33. The summed E-state index contributed by atoms with van der Waals surface area (Å²) in [6.07, 6.45) is 5.07. The summed E-state index contributed by atoms with van der Waals surface area (Å²) in [6.45, 7) is 8.33. The van der Waals surface area contributed by atoms with Crippen LogP contribution in [0.15, 0.2) is 24.3 Å². The summed E-state index contributed by atoms with van der Waals surface area (Å²) in [4.78, 5) is 0. The molecular formula is C16H26FN. The van der Waals surface area contributed by atoms with E-state index in [9.17, 15) is 4.39 Å². The third kappa shape index (κ3) is 5.63. The van der Waals surface area contributed by atoms with Crippen LogP contribution < -0.4 is 5.32 Å². The lowest BCUT2D eigenvalue weighted by molar-refractivity contribution is 0.301. The second-order valence-electron chi connectivity index (χ2n) is 5.82. The zero-order chi connectivity index (χ0) is 13.4. The number of hydrogen-bond acceptors (Lipinski definition) is 1. The van der Waals surface area contributed by atoms with Crippen LogP contribution in [0.25, 0.3) is 0 Å². The standard InChI is InChI=1S/C16H26FN/c1-4-5-8-11-16(2,3)13-18-12-14-9-6-7-10-15(14)17/h6-7,9-10,18H,4-5,8,11-13H2,1-3H3. The molecule has 0 amide bonds. The Morgan fingerprint density at radius 2 is 1.89 bits per heavy atom. The normalized spacial score (nSPS) is 11.8. The van der Waals surface area contributed by atoms with Crippen LogP contribution in [0.2, 0.25) is 0 Å². The highest BCUT2D eigenvalue weighted by Crippen LogP contribution is 2.22. The Labute approximate surface area is 111 Å². The first kappa shape index (κ1) is 15.2. The van der Waals surface area contributed by atoms with Crippen molar-refractivity contribution in [2.45, 2.75) is 53.0 Å². The molecule has 0 saturated carbocycles. The maximum absolute atomic E-state index is 13.4. The molecule has 0 unspecified atom stereocenters. The summed E-state index contributed by atoms with van der Waals surface area (Å²) < 4.78 is 13.4. The van der Waals surface area contributed by atoms with E-state index in [1.54, 1.807) is 6.07 Å². The molecule has 0 saturated heterocycles. The number of rotatable bonds is 8. The van der Waals surface area contributed by atoms with Crippen LogP contribution in [0.1, 0.15) is 52.0 Å². The van der Waals surface area contributed by atoms with Crippen LogP contribution in [0.3, 0.4) is 0 Å². The fourth-order valence-electron chi connectivity index (χ4n) is 2.12. The van der Waals surface area contributed by atoms with Crippen molar-refractivity contribution in [3.8, 4) is 0 Å². The molecule has 0 fully saturated rings. The maximum atomic E-state index is 13.4. The summed E-state index contributed by atoms with van der Waals surface area (Å²) >= 11 is 0. The van der Waals surface area contributed by atoms with Crippen molar-refractivity contribution in [3.05, 3.63) is 35.6 Å². The quantitative estimate of drug-likeness (QED) is 0.670. The van der Waals surface area contributed by atoms with Gasteiger partial charge in [-0.3, -0.25) is 0 Å². The van der Waals surface area contributed by atoms with Crippen LogP contribution in [0, 0.1) is 11.2 Å². The highest BCUT2D eigenvalue weighted by molar-refractivity contribution is 5.16. The van der Waals surface area contributed by atoms with Crippen LogP contribution >= 0.6 is 0 Å². The average molecular weight is 251 g/mol. The molecule has 1 aromatic carbocycles. The summed E-state index contributed by atoms with van der Waals surface area (Å²) in [7, 11) is 0. The summed E-state index contributed by atoms with van der Waals surface area (Å²) in [6, 6.07) is 6.97. The molecule has 0 radical (unpaired) electrons. The van der Waals surface area contributed by atoms with E-state index < -0.39 is 0 Å². The van der Waals surface area contributed by atoms with E-state index in [0.717, 1.165) is 12.1 Å². The molecule has 2 heteroatoms. The second-order valence-corrected chi connectivity index (χ2v) is 5.82. The van der Waals surface area contributed by atoms with Gasteiger partial charge < -0.3 is 5.32 Å². The molecular weight excluding hydrogens is 225 g/mol. The van der Waals surface area contributed by atoms with E-state index in [1.807, 2.05) is 12.1 Å². The van der Waals surface area contributed by atoms with Gasteiger partial charge in [0.2, 0.25) is 0 Å². The highest BCUT2D eigenvalue weighted by Gasteiger charge is 2.16. The Morgan fingerprint density at radius 3 is 2.56 bits per heavy atom. The predicted octanol–water partition coefficient (Wildman–Crippen LogP) is 4.52. The molecule has 0 heterocycles. The number of nitrogens with one attached hydrogen (secondary N) is 1. The first-order chi connectivity index (χ1) is 8.55. The molecule has 1 aromatic rings. The summed E-state index contributed by atoms with van der Waals surface area (Å²) in [5.41, 5.74) is 1.04. The van der Waals surface area contributed by atoms with Crippen molar-refractivity contribution in [1.82, 2.24) is 5.32 Å². The monoisotopic (exact) mass is 251 g/mol. The molecule has 0 aliphatic rings. The van der Waals surface area contributed by atoms with Crippen molar-refractivity contribution in [2.24, 2.45) is 5.41 Å². The number of benzene rings is 1. The fourth-order valence-corrected chi connectivity index (χ4v) is 2.12. The second kappa shape index (κ2) is 7.52. The lowest BCUT2D eigenvalue weighted by Gasteiger charge is -2.25. The van der Waals surface area contributed by atoms with E-state index in [4.69, 9.17) is 0 Å². The van der Waals surface area contributed by atoms with E-state index in [1.165, 1.54) is 31.7 Å². The molecule has 1 nitrogen and oxygen atoms in total. The number of hydrogen-bond donors (Lipinski definition) is 1. The van der Waals surface area contributed by atoms with Crippen LogP contribution in [0.4, 0.5) is 4.39 Å². The molecule has 18 heavy (non-hydrogen) atoms. The van der Waals surface area contributed by atoms with Gasteiger partial charge in [0.1, 0.15) is 5.82 Å².